The fraction of sp³-hybridized carbons (Fsp3) is 0.0769. The first-order chi connectivity index (χ1) is 6.81. The normalized spacial score (nSPS) is 10.8. The number of ether oxygens (including phenoxy) is 1. The number of allylic oxidation sites excluding steroid dienone is 2. The molecule has 1 nitrogen and oxygen atoms in total. The topological polar surface area (TPSA) is 9.23 Å². The number of rotatable bonds is 4. The van der Waals surface area contributed by atoms with Crippen LogP contribution >= 0.6 is 0 Å². The Hall–Kier alpha value is -1.76. The number of benzene rings is 1. The molecule has 1 rings (SSSR count). The van der Waals surface area contributed by atoms with Crippen LogP contribution in [0.15, 0.2) is 49.6 Å². The Kier molecular flexibility index (Phi) is 3.74. The summed E-state index contributed by atoms with van der Waals surface area (Å²) in [6.07, 6.45) is 5.36. The van der Waals surface area contributed by atoms with E-state index in [-0.39, 0.29) is 0 Å². The molecule has 0 aromatic heterocycles. The van der Waals surface area contributed by atoms with Gasteiger partial charge in [-0.15, -0.1) is 0 Å². The first-order valence-corrected chi connectivity index (χ1v) is 4.41. The van der Waals surface area contributed by atoms with Gasteiger partial charge in [-0.2, -0.15) is 0 Å². The summed E-state index contributed by atoms with van der Waals surface area (Å²) in [7, 11) is 1.65. The third-order valence-corrected chi connectivity index (χ3v) is 1.92. The molecule has 72 valence electrons. The summed E-state index contributed by atoms with van der Waals surface area (Å²) in [6, 6.07) is 7.99. The molecule has 0 aliphatic rings. The molecule has 1 heteroatoms. The van der Waals surface area contributed by atoms with Crippen molar-refractivity contribution in [2.45, 2.75) is 0 Å². The van der Waals surface area contributed by atoms with E-state index in [0.29, 0.717) is 0 Å². The maximum Gasteiger partial charge on any atom is 0.126 e. The lowest BCUT2D eigenvalue weighted by molar-refractivity contribution is 0.370. The van der Waals surface area contributed by atoms with Gasteiger partial charge in [0.15, 0.2) is 0 Å². The first kappa shape index (κ1) is 10.3. The van der Waals surface area contributed by atoms with Crippen LogP contribution < -0.4 is 0 Å². The van der Waals surface area contributed by atoms with Crippen molar-refractivity contribution in [2.75, 3.05) is 7.11 Å². The third kappa shape index (κ3) is 2.36. The predicted molar refractivity (Wildman–Crippen MR) is 61.7 cm³/mol. The molecule has 0 atom stereocenters. The van der Waals surface area contributed by atoms with Crippen LogP contribution in [-0.2, 0) is 4.74 Å². The molecular formula is C13H14O. The molecule has 0 heterocycles. The van der Waals surface area contributed by atoms with Crippen molar-refractivity contribution in [3.63, 3.8) is 0 Å². The van der Waals surface area contributed by atoms with Crippen molar-refractivity contribution in [3.8, 4) is 0 Å². The van der Waals surface area contributed by atoms with E-state index in [1.165, 1.54) is 0 Å². The highest BCUT2D eigenvalue weighted by atomic mass is 16.5. The SMILES string of the molecule is C=C/C=C(\OC)c1ccc(C=C)cc1. The van der Waals surface area contributed by atoms with Crippen molar-refractivity contribution in [2.24, 2.45) is 0 Å². The van der Waals surface area contributed by atoms with E-state index in [1.807, 2.05) is 36.4 Å². The van der Waals surface area contributed by atoms with Crippen LogP contribution in [0.1, 0.15) is 11.1 Å². The average molecular weight is 186 g/mol. The standard InChI is InChI=1S/C13H14O/c1-4-6-13(14-3)12-9-7-11(5-2)8-10-12/h4-10H,1-2H2,3H3/b13-6-. The Bertz CT molecular complexity index is 344. The van der Waals surface area contributed by atoms with Gasteiger partial charge in [-0.25, -0.2) is 0 Å². The highest BCUT2D eigenvalue weighted by molar-refractivity contribution is 5.63. The molecule has 0 fully saturated rings. The summed E-state index contributed by atoms with van der Waals surface area (Å²) in [6.45, 7) is 7.34. The second kappa shape index (κ2) is 5.07. The Morgan fingerprint density at radius 1 is 1.21 bits per heavy atom. The Balaban J connectivity index is 3.00. The van der Waals surface area contributed by atoms with Gasteiger partial charge in [0.25, 0.3) is 0 Å². The molecule has 0 aliphatic carbocycles. The van der Waals surface area contributed by atoms with Gasteiger partial charge in [0, 0.05) is 5.56 Å². The predicted octanol–water partition coefficient (Wildman–Crippen LogP) is 3.50. The summed E-state index contributed by atoms with van der Waals surface area (Å²) >= 11 is 0. The lowest BCUT2D eigenvalue weighted by atomic mass is 10.1. The van der Waals surface area contributed by atoms with Crippen molar-refractivity contribution >= 4 is 11.8 Å². The largest absolute Gasteiger partial charge is 0.496 e. The second-order valence-corrected chi connectivity index (χ2v) is 2.80. The van der Waals surface area contributed by atoms with Gasteiger partial charge in [-0.1, -0.05) is 49.6 Å². The summed E-state index contributed by atoms with van der Waals surface area (Å²) in [5.41, 5.74) is 2.14. The molecule has 14 heavy (non-hydrogen) atoms. The van der Waals surface area contributed by atoms with Crippen LogP contribution in [0, 0.1) is 0 Å². The molecule has 1 aromatic carbocycles. The van der Waals surface area contributed by atoms with Gasteiger partial charge in [0.05, 0.1) is 7.11 Å². The molecule has 0 spiro atoms. The monoisotopic (exact) mass is 186 g/mol. The van der Waals surface area contributed by atoms with E-state index in [9.17, 15) is 0 Å². The van der Waals surface area contributed by atoms with E-state index >= 15 is 0 Å². The minimum Gasteiger partial charge on any atom is -0.496 e. The van der Waals surface area contributed by atoms with Gasteiger partial charge >= 0.3 is 0 Å². The number of hydrogen-bond donors (Lipinski definition) is 0. The Labute approximate surface area is 85.0 Å². The van der Waals surface area contributed by atoms with Crippen molar-refractivity contribution in [1.29, 1.82) is 0 Å². The van der Waals surface area contributed by atoms with E-state index < -0.39 is 0 Å². The first-order valence-electron chi connectivity index (χ1n) is 4.41. The maximum absolute atomic E-state index is 5.21. The zero-order valence-electron chi connectivity index (χ0n) is 8.36. The molecule has 0 radical (unpaired) electrons. The minimum atomic E-state index is 0.815. The Morgan fingerprint density at radius 3 is 2.29 bits per heavy atom. The van der Waals surface area contributed by atoms with Crippen molar-refractivity contribution < 1.29 is 4.74 Å². The van der Waals surface area contributed by atoms with E-state index in [1.54, 1.807) is 13.2 Å². The molecule has 1 aromatic rings. The van der Waals surface area contributed by atoms with E-state index in [0.717, 1.165) is 16.9 Å². The van der Waals surface area contributed by atoms with Gasteiger partial charge in [0.1, 0.15) is 5.76 Å². The molecule has 0 saturated carbocycles. The van der Waals surface area contributed by atoms with E-state index in [2.05, 4.69) is 13.2 Å². The summed E-state index contributed by atoms with van der Waals surface area (Å²) in [5, 5.41) is 0. The second-order valence-electron chi connectivity index (χ2n) is 2.80. The van der Waals surface area contributed by atoms with Crippen LogP contribution in [0.2, 0.25) is 0 Å². The third-order valence-electron chi connectivity index (χ3n) is 1.92. The van der Waals surface area contributed by atoms with Crippen LogP contribution in [0.3, 0.4) is 0 Å². The van der Waals surface area contributed by atoms with Crippen LogP contribution in [0.25, 0.3) is 11.8 Å². The van der Waals surface area contributed by atoms with Crippen molar-refractivity contribution in [1.82, 2.24) is 0 Å². The summed E-state index contributed by atoms with van der Waals surface area (Å²) < 4.78 is 5.21. The molecule has 0 N–H and O–H groups in total. The van der Waals surface area contributed by atoms with E-state index in [4.69, 9.17) is 4.74 Å². The fourth-order valence-corrected chi connectivity index (χ4v) is 1.17. The lowest BCUT2D eigenvalue weighted by Crippen LogP contribution is -1.86. The zero-order chi connectivity index (χ0) is 10.4. The lowest BCUT2D eigenvalue weighted by Gasteiger charge is -2.05. The minimum absolute atomic E-state index is 0.815. The highest BCUT2D eigenvalue weighted by Crippen LogP contribution is 2.16. The van der Waals surface area contributed by atoms with Crippen molar-refractivity contribution in [3.05, 3.63) is 60.7 Å². The Morgan fingerprint density at radius 2 is 1.86 bits per heavy atom. The molecule has 0 unspecified atom stereocenters. The average Bonchev–Trinajstić information content (AvgIpc) is 2.26. The molecular weight excluding hydrogens is 172 g/mol. The number of hydrogen-bond acceptors (Lipinski definition) is 1. The maximum atomic E-state index is 5.21. The molecule has 0 amide bonds. The van der Waals surface area contributed by atoms with Gasteiger partial charge in [-0.05, 0) is 11.6 Å². The van der Waals surface area contributed by atoms with Crippen LogP contribution in [-0.4, -0.2) is 7.11 Å². The zero-order valence-corrected chi connectivity index (χ0v) is 8.36. The molecule has 0 aliphatic heterocycles. The van der Waals surface area contributed by atoms with Gasteiger partial charge in [-0.3, -0.25) is 0 Å². The quantitative estimate of drug-likeness (QED) is 0.516. The molecule has 0 bridgehead atoms. The van der Waals surface area contributed by atoms with Gasteiger partial charge < -0.3 is 4.74 Å². The fourth-order valence-electron chi connectivity index (χ4n) is 1.17. The van der Waals surface area contributed by atoms with Crippen LogP contribution in [0.4, 0.5) is 0 Å². The molecule has 0 saturated heterocycles. The van der Waals surface area contributed by atoms with Gasteiger partial charge in [0.2, 0.25) is 0 Å². The highest BCUT2D eigenvalue weighted by Gasteiger charge is 1.98. The summed E-state index contributed by atoms with van der Waals surface area (Å²) in [5.74, 6) is 0.815. The smallest absolute Gasteiger partial charge is 0.126 e. The van der Waals surface area contributed by atoms with Crippen LogP contribution in [0.5, 0.6) is 0 Å². The summed E-state index contributed by atoms with van der Waals surface area (Å²) in [4.78, 5) is 0. The number of methoxy groups -OCH3 is 1.